The maximum absolute atomic E-state index is 13.6. The first-order valence-electron chi connectivity index (χ1n) is 12.8. The van der Waals surface area contributed by atoms with E-state index in [1.807, 2.05) is 43.0 Å². The Bertz CT molecular complexity index is 1180. The molecule has 0 aliphatic carbocycles. The van der Waals surface area contributed by atoms with Gasteiger partial charge in [-0.3, -0.25) is 4.79 Å². The average Bonchev–Trinajstić information content (AvgIpc) is 2.88. The molecule has 10 heteroatoms. The molecule has 3 amide bonds. The van der Waals surface area contributed by atoms with Crippen molar-refractivity contribution in [3.8, 4) is 0 Å². The third-order valence-electron chi connectivity index (χ3n) is 6.73. The number of halogens is 1. The number of hydrogen-bond donors (Lipinski definition) is 1. The van der Waals surface area contributed by atoms with Crippen LogP contribution in [0.25, 0.3) is 0 Å². The molecule has 1 N–H and O–H groups in total. The highest BCUT2D eigenvalue weighted by atomic mass is 35.5. The van der Waals surface area contributed by atoms with Crippen molar-refractivity contribution in [1.29, 1.82) is 0 Å². The van der Waals surface area contributed by atoms with Gasteiger partial charge in [-0.1, -0.05) is 48.9 Å². The van der Waals surface area contributed by atoms with E-state index < -0.39 is 10.0 Å². The second-order valence-electron chi connectivity index (χ2n) is 9.34. The molecule has 2 aromatic rings. The largest absolute Gasteiger partial charge is 0.334 e. The number of amides is 3. The summed E-state index contributed by atoms with van der Waals surface area (Å²) in [6, 6.07) is 14.6. The lowest BCUT2D eigenvalue weighted by atomic mass is 10.0. The molecule has 0 aromatic heterocycles. The van der Waals surface area contributed by atoms with E-state index in [9.17, 15) is 18.0 Å². The van der Waals surface area contributed by atoms with E-state index in [-0.39, 0.29) is 30.3 Å². The second kappa shape index (κ2) is 13.3. The maximum atomic E-state index is 13.6. The molecule has 1 aliphatic heterocycles. The fourth-order valence-electron chi connectivity index (χ4n) is 4.53. The molecular formula is C27H37ClN4O4S. The summed E-state index contributed by atoms with van der Waals surface area (Å²) in [5.41, 5.74) is 2.73. The number of rotatable bonds is 10. The minimum atomic E-state index is -3.50. The van der Waals surface area contributed by atoms with E-state index in [0.717, 1.165) is 11.1 Å². The van der Waals surface area contributed by atoms with Crippen LogP contribution in [0, 0.1) is 6.92 Å². The molecule has 1 aliphatic rings. The van der Waals surface area contributed by atoms with Crippen LogP contribution in [0.2, 0.25) is 5.02 Å². The number of likely N-dealkylation sites (tertiary alicyclic amines) is 1. The van der Waals surface area contributed by atoms with Crippen LogP contribution in [0.5, 0.6) is 0 Å². The normalized spacial score (nSPS) is 14.6. The first kappa shape index (κ1) is 28.9. The summed E-state index contributed by atoms with van der Waals surface area (Å²) in [5.74, 6) is -0.256. The predicted octanol–water partition coefficient (Wildman–Crippen LogP) is 4.74. The van der Waals surface area contributed by atoms with E-state index in [1.165, 1.54) is 4.31 Å². The van der Waals surface area contributed by atoms with Crippen LogP contribution in [0.1, 0.15) is 44.2 Å². The molecule has 0 unspecified atom stereocenters. The Morgan fingerprint density at radius 1 is 1.08 bits per heavy atom. The number of piperidine rings is 1. The number of sulfonamides is 1. The molecule has 1 fully saturated rings. The molecule has 0 saturated carbocycles. The Balaban J connectivity index is 1.73. The summed E-state index contributed by atoms with van der Waals surface area (Å²) in [4.78, 5) is 30.0. The van der Waals surface area contributed by atoms with Gasteiger partial charge in [-0.15, -0.1) is 0 Å². The van der Waals surface area contributed by atoms with Gasteiger partial charge in [-0.25, -0.2) is 13.2 Å². The van der Waals surface area contributed by atoms with Crippen LogP contribution < -0.4 is 5.32 Å². The van der Waals surface area contributed by atoms with Crippen LogP contribution in [-0.4, -0.2) is 72.4 Å². The summed E-state index contributed by atoms with van der Waals surface area (Å²) in [5, 5.41) is 3.42. The summed E-state index contributed by atoms with van der Waals surface area (Å²) in [7, 11) is -3.50. The van der Waals surface area contributed by atoms with Crippen molar-refractivity contribution in [1.82, 2.24) is 14.1 Å². The SMILES string of the molecule is CCCN(CC(=O)N(Cc1ccccc1C)C1CCN(C(=O)Nc2cccc(Cl)c2)CC1)S(=O)(=O)CC. The summed E-state index contributed by atoms with van der Waals surface area (Å²) in [6.45, 7) is 7.01. The third-order valence-corrected chi connectivity index (χ3v) is 8.80. The van der Waals surface area contributed by atoms with Crippen molar-refractivity contribution in [2.75, 3.05) is 37.2 Å². The Morgan fingerprint density at radius 2 is 1.78 bits per heavy atom. The molecule has 0 radical (unpaired) electrons. The summed E-state index contributed by atoms with van der Waals surface area (Å²) < 4.78 is 26.5. The Morgan fingerprint density at radius 3 is 2.41 bits per heavy atom. The standard InChI is InChI=1S/C27H37ClN4O4S/c1-4-15-31(37(35,36)5-2)20-26(33)32(19-22-10-7-6-9-21(22)3)25-13-16-30(17-14-25)27(34)29-24-12-8-11-23(28)18-24/h6-12,18,25H,4-5,13-17,19-20H2,1-3H3,(H,29,34). The number of anilines is 1. The van der Waals surface area contributed by atoms with Crippen molar-refractivity contribution in [3.05, 3.63) is 64.7 Å². The average molecular weight is 549 g/mol. The van der Waals surface area contributed by atoms with Gasteiger partial charge < -0.3 is 15.1 Å². The molecule has 37 heavy (non-hydrogen) atoms. The first-order chi connectivity index (χ1) is 17.6. The molecule has 2 aromatic carbocycles. The van der Waals surface area contributed by atoms with Crippen molar-refractivity contribution in [3.63, 3.8) is 0 Å². The van der Waals surface area contributed by atoms with Gasteiger partial charge in [-0.2, -0.15) is 4.31 Å². The van der Waals surface area contributed by atoms with Crippen molar-refractivity contribution < 1.29 is 18.0 Å². The Labute approximate surface area is 225 Å². The second-order valence-corrected chi connectivity index (χ2v) is 12.0. The lowest BCUT2D eigenvalue weighted by molar-refractivity contribution is -0.135. The number of carbonyl (C=O) groups is 2. The highest BCUT2D eigenvalue weighted by molar-refractivity contribution is 7.89. The number of benzene rings is 2. The van der Waals surface area contributed by atoms with E-state index in [2.05, 4.69) is 5.32 Å². The number of hydrogen-bond acceptors (Lipinski definition) is 4. The van der Waals surface area contributed by atoms with Gasteiger partial charge in [0.25, 0.3) is 0 Å². The quantitative estimate of drug-likeness (QED) is 0.464. The zero-order valence-electron chi connectivity index (χ0n) is 21.8. The van der Waals surface area contributed by atoms with Crippen LogP contribution >= 0.6 is 11.6 Å². The molecular weight excluding hydrogens is 512 g/mol. The lowest BCUT2D eigenvalue weighted by Gasteiger charge is -2.39. The van der Waals surface area contributed by atoms with Gasteiger partial charge >= 0.3 is 6.03 Å². The van der Waals surface area contributed by atoms with Crippen LogP contribution in [-0.2, 0) is 21.4 Å². The molecule has 0 spiro atoms. The van der Waals surface area contributed by atoms with Gasteiger partial charge in [0.05, 0.1) is 12.3 Å². The van der Waals surface area contributed by atoms with Crippen LogP contribution in [0.3, 0.4) is 0 Å². The number of nitrogens with one attached hydrogen (secondary N) is 1. The van der Waals surface area contributed by atoms with E-state index >= 15 is 0 Å². The van der Waals surface area contributed by atoms with E-state index in [4.69, 9.17) is 11.6 Å². The smallest absolute Gasteiger partial charge is 0.321 e. The van der Waals surface area contributed by atoms with Gasteiger partial charge in [0.1, 0.15) is 0 Å². The van der Waals surface area contributed by atoms with Gasteiger partial charge in [0.15, 0.2) is 0 Å². The minimum Gasteiger partial charge on any atom is -0.334 e. The molecule has 3 rings (SSSR count). The molecule has 0 atom stereocenters. The third kappa shape index (κ3) is 7.93. The molecule has 1 saturated heterocycles. The minimum absolute atomic E-state index is 0.0435. The summed E-state index contributed by atoms with van der Waals surface area (Å²) in [6.07, 6.45) is 1.84. The van der Waals surface area contributed by atoms with Crippen molar-refractivity contribution >= 4 is 39.2 Å². The number of carbonyl (C=O) groups excluding carboxylic acids is 2. The van der Waals surface area contributed by atoms with Crippen molar-refractivity contribution in [2.24, 2.45) is 0 Å². The number of aryl methyl sites for hydroxylation is 1. The fourth-order valence-corrected chi connectivity index (χ4v) is 5.85. The molecule has 202 valence electrons. The number of nitrogens with zero attached hydrogens (tertiary/aromatic N) is 3. The molecule has 8 nitrogen and oxygen atoms in total. The zero-order chi connectivity index (χ0) is 27.0. The van der Waals surface area contributed by atoms with E-state index in [0.29, 0.717) is 56.2 Å². The number of urea groups is 1. The van der Waals surface area contributed by atoms with Crippen LogP contribution in [0.15, 0.2) is 48.5 Å². The zero-order valence-corrected chi connectivity index (χ0v) is 23.4. The maximum Gasteiger partial charge on any atom is 0.321 e. The monoisotopic (exact) mass is 548 g/mol. The van der Waals surface area contributed by atoms with Gasteiger partial charge in [0.2, 0.25) is 15.9 Å². The molecule has 1 heterocycles. The topological polar surface area (TPSA) is 90.0 Å². The lowest BCUT2D eigenvalue weighted by Crippen LogP contribution is -2.52. The van der Waals surface area contributed by atoms with Gasteiger partial charge in [0, 0.05) is 42.9 Å². The highest BCUT2D eigenvalue weighted by Gasteiger charge is 2.32. The van der Waals surface area contributed by atoms with Crippen molar-refractivity contribution in [2.45, 2.75) is 52.6 Å². The Hall–Kier alpha value is -2.62. The fraction of sp³-hybridized carbons (Fsp3) is 0.481. The van der Waals surface area contributed by atoms with Gasteiger partial charge in [-0.05, 0) is 62.4 Å². The molecule has 0 bridgehead atoms. The predicted molar refractivity (Wildman–Crippen MR) is 148 cm³/mol. The summed E-state index contributed by atoms with van der Waals surface area (Å²) >= 11 is 6.02. The van der Waals surface area contributed by atoms with E-state index in [1.54, 1.807) is 36.1 Å². The van der Waals surface area contributed by atoms with Crippen LogP contribution in [0.4, 0.5) is 10.5 Å². The highest BCUT2D eigenvalue weighted by Crippen LogP contribution is 2.23. The Kier molecular flexibility index (Phi) is 10.4. The first-order valence-corrected chi connectivity index (χ1v) is 14.8.